The normalized spacial score (nSPS) is 10.3. The van der Waals surface area contributed by atoms with Crippen molar-refractivity contribution in [2.24, 2.45) is 0 Å². The molecule has 0 amide bonds. The van der Waals surface area contributed by atoms with Gasteiger partial charge in [-0.05, 0) is 24.3 Å². The summed E-state index contributed by atoms with van der Waals surface area (Å²) in [6, 6.07) is 19.4. The van der Waals surface area contributed by atoms with Gasteiger partial charge >= 0.3 is 0 Å². The minimum Gasteiger partial charge on any atom is -0.487 e. The summed E-state index contributed by atoms with van der Waals surface area (Å²) >= 11 is 0. The summed E-state index contributed by atoms with van der Waals surface area (Å²) in [5, 5.41) is 0. The van der Waals surface area contributed by atoms with Gasteiger partial charge in [0.25, 0.3) is 0 Å². The average molecular weight is 280 g/mol. The van der Waals surface area contributed by atoms with Crippen molar-refractivity contribution in [3.63, 3.8) is 0 Å². The Morgan fingerprint density at radius 2 is 1.33 bits per heavy atom. The van der Waals surface area contributed by atoms with Crippen LogP contribution in [0.4, 0.5) is 0 Å². The second kappa shape index (κ2) is 6.61. The van der Waals surface area contributed by atoms with E-state index < -0.39 is 0 Å². The lowest BCUT2D eigenvalue weighted by Gasteiger charge is -2.04. The number of ether oxygens (including phenoxy) is 2. The van der Waals surface area contributed by atoms with Crippen molar-refractivity contribution in [3.05, 3.63) is 78.4 Å². The Bertz CT molecular complexity index is 608. The zero-order valence-electron chi connectivity index (χ0n) is 11.5. The molecule has 21 heavy (non-hydrogen) atoms. The Kier molecular flexibility index (Phi) is 4.17. The van der Waals surface area contributed by atoms with Crippen molar-refractivity contribution >= 4 is 0 Å². The number of nitrogens with one attached hydrogen (secondary N) is 1. The van der Waals surface area contributed by atoms with Gasteiger partial charge in [0.05, 0.1) is 11.9 Å². The number of aromatic nitrogens is 2. The number of aromatic amines is 1. The standard InChI is InChI=1S/C17H16N2O2/c1-3-7-15(8-4-1)20-12-14-11-18-17(19-14)13-21-16-9-5-2-6-10-16/h1-11H,12-13H2,(H,18,19). The highest BCUT2D eigenvalue weighted by Gasteiger charge is 2.02. The molecule has 0 aliphatic rings. The van der Waals surface area contributed by atoms with E-state index in [1.807, 2.05) is 60.7 Å². The molecule has 1 aromatic heterocycles. The lowest BCUT2D eigenvalue weighted by atomic mass is 10.3. The van der Waals surface area contributed by atoms with Gasteiger partial charge in [-0.1, -0.05) is 36.4 Å². The van der Waals surface area contributed by atoms with Crippen molar-refractivity contribution in [3.8, 4) is 11.5 Å². The molecule has 3 rings (SSSR count). The molecule has 0 fully saturated rings. The smallest absolute Gasteiger partial charge is 0.146 e. The Hall–Kier alpha value is -2.75. The van der Waals surface area contributed by atoms with Crippen molar-refractivity contribution in [2.45, 2.75) is 13.2 Å². The lowest BCUT2D eigenvalue weighted by molar-refractivity contribution is 0.291. The fourth-order valence-electron chi connectivity index (χ4n) is 1.90. The molecule has 3 aromatic rings. The Morgan fingerprint density at radius 3 is 1.95 bits per heavy atom. The van der Waals surface area contributed by atoms with E-state index in [4.69, 9.17) is 9.47 Å². The van der Waals surface area contributed by atoms with E-state index in [0.29, 0.717) is 13.2 Å². The quantitative estimate of drug-likeness (QED) is 0.751. The minimum absolute atomic E-state index is 0.412. The van der Waals surface area contributed by atoms with E-state index >= 15 is 0 Å². The fraction of sp³-hybridized carbons (Fsp3) is 0.118. The maximum Gasteiger partial charge on any atom is 0.146 e. The van der Waals surface area contributed by atoms with Gasteiger partial charge in [-0.25, -0.2) is 4.98 Å². The van der Waals surface area contributed by atoms with E-state index in [0.717, 1.165) is 23.0 Å². The number of hydrogen-bond acceptors (Lipinski definition) is 3. The maximum absolute atomic E-state index is 5.66. The first-order chi connectivity index (χ1) is 10.4. The third-order valence-corrected chi connectivity index (χ3v) is 2.94. The first-order valence-electron chi connectivity index (χ1n) is 6.78. The van der Waals surface area contributed by atoms with Gasteiger partial charge in [-0.2, -0.15) is 0 Å². The third-order valence-electron chi connectivity index (χ3n) is 2.94. The summed E-state index contributed by atoms with van der Waals surface area (Å²) in [5.74, 6) is 2.45. The highest BCUT2D eigenvalue weighted by atomic mass is 16.5. The predicted octanol–water partition coefficient (Wildman–Crippen LogP) is 3.57. The number of benzene rings is 2. The van der Waals surface area contributed by atoms with Gasteiger partial charge in [0, 0.05) is 0 Å². The molecule has 106 valence electrons. The molecule has 4 nitrogen and oxygen atoms in total. The van der Waals surface area contributed by atoms with Crippen LogP contribution in [0.3, 0.4) is 0 Å². The summed E-state index contributed by atoms with van der Waals surface area (Å²) in [6.07, 6.45) is 1.77. The monoisotopic (exact) mass is 280 g/mol. The third kappa shape index (κ3) is 3.86. The summed E-state index contributed by atoms with van der Waals surface area (Å²) < 4.78 is 11.3. The molecule has 0 bridgehead atoms. The van der Waals surface area contributed by atoms with Crippen LogP contribution in [-0.4, -0.2) is 9.97 Å². The molecule has 0 spiro atoms. The zero-order chi connectivity index (χ0) is 14.3. The lowest BCUT2D eigenvalue weighted by Crippen LogP contribution is -1.99. The van der Waals surface area contributed by atoms with Gasteiger partial charge in [0.1, 0.15) is 30.5 Å². The maximum atomic E-state index is 5.66. The summed E-state index contributed by atoms with van der Waals surface area (Å²) in [4.78, 5) is 7.48. The number of nitrogens with zero attached hydrogens (tertiary/aromatic N) is 1. The van der Waals surface area contributed by atoms with Crippen LogP contribution in [0, 0.1) is 0 Å². The zero-order valence-corrected chi connectivity index (χ0v) is 11.5. The molecule has 0 unspecified atom stereocenters. The average Bonchev–Trinajstić information content (AvgIpc) is 3.01. The topological polar surface area (TPSA) is 47.1 Å². The number of H-pyrrole nitrogens is 1. The molecule has 2 aromatic carbocycles. The second-order valence-corrected chi connectivity index (χ2v) is 4.56. The largest absolute Gasteiger partial charge is 0.487 e. The Balaban J connectivity index is 1.52. The minimum atomic E-state index is 0.412. The number of para-hydroxylation sites is 2. The van der Waals surface area contributed by atoms with Crippen LogP contribution in [0.5, 0.6) is 11.5 Å². The molecule has 0 aliphatic carbocycles. The van der Waals surface area contributed by atoms with Crippen LogP contribution in [0.2, 0.25) is 0 Å². The van der Waals surface area contributed by atoms with E-state index in [9.17, 15) is 0 Å². The molecule has 1 N–H and O–H groups in total. The predicted molar refractivity (Wildman–Crippen MR) is 80.1 cm³/mol. The van der Waals surface area contributed by atoms with Gasteiger partial charge < -0.3 is 14.5 Å². The SMILES string of the molecule is c1ccc(OCc2cnc(COc3ccccc3)[nH]2)cc1. The van der Waals surface area contributed by atoms with E-state index in [2.05, 4.69) is 9.97 Å². The first kappa shape index (κ1) is 13.2. The molecular weight excluding hydrogens is 264 g/mol. The molecule has 0 atom stereocenters. The Labute approximate surface area is 123 Å². The second-order valence-electron chi connectivity index (χ2n) is 4.56. The molecule has 4 heteroatoms. The number of hydrogen-bond donors (Lipinski definition) is 1. The van der Waals surface area contributed by atoms with Crippen molar-refractivity contribution in [1.82, 2.24) is 9.97 Å². The van der Waals surface area contributed by atoms with Crippen LogP contribution in [0.15, 0.2) is 66.9 Å². The summed E-state index contributed by atoms with van der Waals surface area (Å²) in [6.45, 7) is 0.873. The fourth-order valence-corrected chi connectivity index (χ4v) is 1.90. The summed E-state index contributed by atoms with van der Waals surface area (Å²) in [7, 11) is 0. The van der Waals surface area contributed by atoms with Crippen LogP contribution < -0.4 is 9.47 Å². The van der Waals surface area contributed by atoms with E-state index in [1.165, 1.54) is 0 Å². The van der Waals surface area contributed by atoms with E-state index in [-0.39, 0.29) is 0 Å². The molecule has 0 saturated heterocycles. The van der Waals surface area contributed by atoms with Crippen molar-refractivity contribution in [1.29, 1.82) is 0 Å². The van der Waals surface area contributed by atoms with Gasteiger partial charge in [0.2, 0.25) is 0 Å². The highest BCUT2D eigenvalue weighted by molar-refractivity contribution is 5.22. The van der Waals surface area contributed by atoms with Crippen LogP contribution in [0.1, 0.15) is 11.5 Å². The van der Waals surface area contributed by atoms with Crippen molar-refractivity contribution in [2.75, 3.05) is 0 Å². The van der Waals surface area contributed by atoms with Crippen LogP contribution in [0.25, 0.3) is 0 Å². The molecule has 0 aliphatic heterocycles. The van der Waals surface area contributed by atoms with Gasteiger partial charge in [-0.3, -0.25) is 0 Å². The van der Waals surface area contributed by atoms with Crippen LogP contribution >= 0.6 is 0 Å². The van der Waals surface area contributed by atoms with Gasteiger partial charge in [0.15, 0.2) is 0 Å². The van der Waals surface area contributed by atoms with E-state index in [1.54, 1.807) is 6.20 Å². The van der Waals surface area contributed by atoms with Gasteiger partial charge in [-0.15, -0.1) is 0 Å². The number of imidazole rings is 1. The molecular formula is C17H16N2O2. The molecule has 0 saturated carbocycles. The molecule has 1 heterocycles. The Morgan fingerprint density at radius 1 is 0.762 bits per heavy atom. The molecule has 0 radical (unpaired) electrons. The number of rotatable bonds is 6. The van der Waals surface area contributed by atoms with Crippen molar-refractivity contribution < 1.29 is 9.47 Å². The summed E-state index contributed by atoms with van der Waals surface area (Å²) in [5.41, 5.74) is 0.922. The first-order valence-corrected chi connectivity index (χ1v) is 6.78. The van der Waals surface area contributed by atoms with Crippen LogP contribution in [-0.2, 0) is 13.2 Å². The highest BCUT2D eigenvalue weighted by Crippen LogP contribution is 2.12.